The predicted octanol–water partition coefficient (Wildman–Crippen LogP) is 1.37. The quantitative estimate of drug-likeness (QED) is 0.873. The molecule has 1 aliphatic rings. The number of ether oxygens (including phenoxy) is 2. The van der Waals surface area contributed by atoms with Gasteiger partial charge in [0.2, 0.25) is 0 Å². The van der Waals surface area contributed by atoms with Gasteiger partial charge in [-0.05, 0) is 12.1 Å². The van der Waals surface area contributed by atoms with Crippen LogP contribution in [0.3, 0.4) is 0 Å². The third kappa shape index (κ3) is 3.77. The zero-order valence-electron chi connectivity index (χ0n) is 13.2. The number of carbonyl (C=O) groups is 1. The van der Waals surface area contributed by atoms with Crippen LogP contribution in [0.25, 0.3) is 0 Å². The normalized spacial score (nSPS) is 17.6. The topological polar surface area (TPSA) is 85.0 Å². The molecule has 3 rings (SSSR count). The number of halogens is 2. The van der Waals surface area contributed by atoms with Gasteiger partial charge in [0, 0.05) is 12.6 Å². The number of para-hydroxylation sites is 1. The maximum Gasteiger partial charge on any atom is 0.276 e. The second-order valence-corrected chi connectivity index (χ2v) is 5.43. The summed E-state index contributed by atoms with van der Waals surface area (Å²) in [6.45, 7) is 0.408. The van der Waals surface area contributed by atoms with E-state index in [1.165, 1.54) is 17.0 Å². The highest BCUT2D eigenvalue weighted by Gasteiger charge is 2.29. The van der Waals surface area contributed by atoms with Crippen LogP contribution in [0.4, 0.5) is 8.78 Å². The van der Waals surface area contributed by atoms with E-state index in [9.17, 15) is 18.7 Å². The third-order valence-electron chi connectivity index (χ3n) is 3.75. The number of aliphatic hydroxyl groups is 1. The molecule has 9 heteroatoms. The van der Waals surface area contributed by atoms with Crippen molar-refractivity contribution in [3.05, 3.63) is 47.4 Å². The lowest BCUT2D eigenvalue weighted by Crippen LogP contribution is -2.50. The van der Waals surface area contributed by atoms with Crippen molar-refractivity contribution in [3.63, 3.8) is 0 Å². The number of benzene rings is 1. The second-order valence-electron chi connectivity index (χ2n) is 5.43. The van der Waals surface area contributed by atoms with Gasteiger partial charge in [-0.2, -0.15) is 0 Å². The Balaban J connectivity index is 1.67. The van der Waals surface area contributed by atoms with E-state index in [4.69, 9.17) is 14.0 Å². The van der Waals surface area contributed by atoms with Gasteiger partial charge >= 0.3 is 0 Å². The van der Waals surface area contributed by atoms with Gasteiger partial charge < -0.3 is 24.0 Å². The summed E-state index contributed by atoms with van der Waals surface area (Å²) in [5.41, 5.74) is 0.0213. The molecule has 2 heterocycles. The molecule has 134 valence electrons. The second kappa shape index (κ2) is 7.58. The average Bonchev–Trinajstić information content (AvgIpc) is 3.09. The van der Waals surface area contributed by atoms with Crippen molar-refractivity contribution in [2.75, 3.05) is 26.4 Å². The lowest BCUT2D eigenvalue weighted by Gasteiger charge is -2.33. The van der Waals surface area contributed by atoms with Crippen molar-refractivity contribution in [2.45, 2.75) is 12.6 Å². The number of aliphatic hydroxyl groups excluding tert-OH is 1. The number of aromatic nitrogens is 1. The van der Waals surface area contributed by atoms with E-state index < -0.39 is 29.3 Å². The monoisotopic (exact) mass is 354 g/mol. The molecule has 25 heavy (non-hydrogen) atoms. The Hall–Kier alpha value is -2.52. The number of nitrogens with zero attached hydrogens (tertiary/aromatic N) is 2. The van der Waals surface area contributed by atoms with E-state index in [0.717, 1.165) is 12.1 Å². The molecule has 1 saturated heterocycles. The van der Waals surface area contributed by atoms with Crippen molar-refractivity contribution in [2.24, 2.45) is 0 Å². The van der Waals surface area contributed by atoms with Crippen LogP contribution in [0.1, 0.15) is 16.2 Å². The molecule has 0 unspecified atom stereocenters. The van der Waals surface area contributed by atoms with Crippen LogP contribution in [0.2, 0.25) is 0 Å². The summed E-state index contributed by atoms with van der Waals surface area (Å²) in [4.78, 5) is 13.9. The van der Waals surface area contributed by atoms with Crippen LogP contribution in [0.5, 0.6) is 5.75 Å². The largest absolute Gasteiger partial charge is 0.479 e. The predicted molar refractivity (Wildman–Crippen MR) is 79.9 cm³/mol. The highest BCUT2D eigenvalue weighted by atomic mass is 19.1. The summed E-state index contributed by atoms with van der Waals surface area (Å²) in [5.74, 6) is -2.49. The molecule has 1 fully saturated rings. The Morgan fingerprint density at radius 1 is 1.40 bits per heavy atom. The first kappa shape index (κ1) is 17.3. The number of carbonyl (C=O) groups excluding carboxylic acids is 1. The number of amides is 1. The minimum atomic E-state index is -0.838. The Morgan fingerprint density at radius 2 is 2.16 bits per heavy atom. The number of morpholine rings is 1. The molecule has 7 nitrogen and oxygen atoms in total. The SMILES string of the molecule is O=C(c1cc(COc2c(F)cccc2F)on1)N1CCOC[C@@H]1CO. The zero-order chi connectivity index (χ0) is 17.8. The molecule has 0 spiro atoms. The van der Waals surface area contributed by atoms with Crippen LogP contribution in [0.15, 0.2) is 28.8 Å². The van der Waals surface area contributed by atoms with E-state index in [1.807, 2.05) is 0 Å². The van der Waals surface area contributed by atoms with Crippen molar-refractivity contribution < 1.29 is 32.7 Å². The molecule has 0 radical (unpaired) electrons. The van der Waals surface area contributed by atoms with Gasteiger partial charge in [0.25, 0.3) is 5.91 Å². The van der Waals surface area contributed by atoms with Gasteiger partial charge in [-0.3, -0.25) is 4.79 Å². The fraction of sp³-hybridized carbons (Fsp3) is 0.375. The summed E-state index contributed by atoms with van der Waals surface area (Å²) < 4.78 is 42.3. The fourth-order valence-corrected chi connectivity index (χ4v) is 2.47. The molecule has 0 aliphatic carbocycles. The molecule has 1 atom stereocenters. The maximum absolute atomic E-state index is 13.5. The van der Waals surface area contributed by atoms with Crippen molar-refractivity contribution >= 4 is 5.91 Å². The van der Waals surface area contributed by atoms with E-state index in [2.05, 4.69) is 5.16 Å². The van der Waals surface area contributed by atoms with E-state index in [0.29, 0.717) is 13.2 Å². The molecule has 1 aromatic carbocycles. The molecule has 0 bridgehead atoms. The number of rotatable bonds is 5. The van der Waals surface area contributed by atoms with Crippen molar-refractivity contribution in [1.29, 1.82) is 0 Å². The Bertz CT molecular complexity index is 732. The molecular formula is C16H16F2N2O5. The molecule has 1 N–H and O–H groups in total. The van der Waals surface area contributed by atoms with Crippen molar-refractivity contribution in [1.82, 2.24) is 10.1 Å². The standard InChI is InChI=1S/C16H16F2N2O5/c17-12-2-1-3-13(18)15(12)24-9-11-6-14(19-25-11)16(22)20-4-5-23-8-10(20)7-21/h1-3,6,10,21H,4-5,7-9H2/t10-/m0/s1. The van der Waals surface area contributed by atoms with Crippen LogP contribution < -0.4 is 4.74 Å². The highest BCUT2D eigenvalue weighted by Crippen LogP contribution is 2.22. The summed E-state index contributed by atoms with van der Waals surface area (Å²) in [5, 5.41) is 13.0. The van der Waals surface area contributed by atoms with Crippen molar-refractivity contribution in [3.8, 4) is 5.75 Å². The van der Waals surface area contributed by atoms with E-state index >= 15 is 0 Å². The minimum absolute atomic E-state index is 0.0213. The first-order valence-electron chi connectivity index (χ1n) is 7.62. The lowest BCUT2D eigenvalue weighted by molar-refractivity contribution is -0.0188. The van der Waals surface area contributed by atoms with Crippen LogP contribution in [0, 0.1) is 11.6 Å². The summed E-state index contributed by atoms with van der Waals surface area (Å²) in [6.07, 6.45) is 0. The van der Waals surface area contributed by atoms with Gasteiger partial charge in [-0.1, -0.05) is 11.2 Å². The van der Waals surface area contributed by atoms with Crippen LogP contribution >= 0.6 is 0 Å². The van der Waals surface area contributed by atoms with Crippen LogP contribution in [-0.2, 0) is 11.3 Å². The maximum atomic E-state index is 13.5. The molecule has 1 aliphatic heterocycles. The van der Waals surface area contributed by atoms with Gasteiger partial charge in [0.1, 0.15) is 6.61 Å². The fourth-order valence-electron chi connectivity index (χ4n) is 2.47. The van der Waals surface area contributed by atoms with Gasteiger partial charge in [-0.25, -0.2) is 8.78 Å². The van der Waals surface area contributed by atoms with Gasteiger partial charge in [-0.15, -0.1) is 0 Å². The molecule has 0 saturated carbocycles. The van der Waals surface area contributed by atoms with Crippen LogP contribution in [-0.4, -0.2) is 53.5 Å². The number of hydrogen-bond acceptors (Lipinski definition) is 6. The summed E-state index contributed by atoms with van der Waals surface area (Å²) in [7, 11) is 0. The van der Waals surface area contributed by atoms with Gasteiger partial charge in [0.05, 0.1) is 25.9 Å². The lowest BCUT2D eigenvalue weighted by atomic mass is 10.2. The smallest absolute Gasteiger partial charge is 0.276 e. The Kier molecular flexibility index (Phi) is 5.25. The first-order valence-corrected chi connectivity index (χ1v) is 7.62. The Labute approximate surface area is 141 Å². The zero-order valence-corrected chi connectivity index (χ0v) is 13.2. The number of hydrogen-bond donors (Lipinski definition) is 1. The molecular weight excluding hydrogens is 338 g/mol. The van der Waals surface area contributed by atoms with Gasteiger partial charge in [0.15, 0.2) is 28.8 Å². The van der Waals surface area contributed by atoms with E-state index in [1.54, 1.807) is 0 Å². The van der Waals surface area contributed by atoms with E-state index in [-0.39, 0.29) is 31.3 Å². The molecule has 1 aromatic heterocycles. The molecule has 1 amide bonds. The summed E-state index contributed by atoms with van der Waals surface area (Å²) >= 11 is 0. The third-order valence-corrected chi connectivity index (χ3v) is 3.75. The molecule has 2 aromatic rings. The highest BCUT2D eigenvalue weighted by molar-refractivity contribution is 5.92. The Morgan fingerprint density at radius 3 is 2.88 bits per heavy atom. The first-order chi connectivity index (χ1) is 12.1. The minimum Gasteiger partial charge on any atom is -0.479 e. The summed E-state index contributed by atoms with van der Waals surface area (Å²) in [6, 6.07) is 4.25. The average molecular weight is 354 g/mol.